The van der Waals surface area contributed by atoms with Crippen LogP contribution in [0, 0.1) is 11.6 Å². The number of aromatic nitrogens is 2. The molecular weight excluding hydrogens is 328 g/mol. The molecule has 1 aliphatic rings. The van der Waals surface area contributed by atoms with Crippen molar-refractivity contribution in [3.63, 3.8) is 0 Å². The van der Waals surface area contributed by atoms with Gasteiger partial charge in [-0.3, -0.25) is 9.89 Å². The Labute approximate surface area is 145 Å². The van der Waals surface area contributed by atoms with Crippen molar-refractivity contribution in [3.05, 3.63) is 46.3 Å². The molecule has 3 rings (SSSR count). The van der Waals surface area contributed by atoms with Crippen molar-refractivity contribution in [2.24, 2.45) is 0 Å². The predicted molar refractivity (Wildman–Crippen MR) is 88.6 cm³/mol. The maximum atomic E-state index is 14.1. The molecule has 1 amide bonds. The number of aromatic amines is 1. The SMILES string of the molecule is COc1cc(F)c(C(=O)N(C)Cc2n[nH]c3c2CCCCC3)c(F)c1. The van der Waals surface area contributed by atoms with E-state index in [0.717, 1.165) is 54.8 Å². The van der Waals surface area contributed by atoms with Gasteiger partial charge in [0.2, 0.25) is 0 Å². The van der Waals surface area contributed by atoms with Crippen LogP contribution in [0.25, 0.3) is 0 Å². The lowest BCUT2D eigenvalue weighted by atomic mass is 10.1. The zero-order chi connectivity index (χ0) is 18.0. The third kappa shape index (κ3) is 3.50. The van der Waals surface area contributed by atoms with Crippen molar-refractivity contribution in [3.8, 4) is 5.75 Å². The van der Waals surface area contributed by atoms with Gasteiger partial charge in [-0.15, -0.1) is 0 Å². The number of hydrogen-bond acceptors (Lipinski definition) is 3. The summed E-state index contributed by atoms with van der Waals surface area (Å²) in [6.07, 6.45) is 5.22. The van der Waals surface area contributed by atoms with Gasteiger partial charge in [-0.05, 0) is 31.2 Å². The molecule has 0 bridgehead atoms. The quantitative estimate of drug-likeness (QED) is 0.862. The van der Waals surface area contributed by atoms with Crippen molar-refractivity contribution in [1.29, 1.82) is 0 Å². The number of hydrogen-bond donors (Lipinski definition) is 1. The van der Waals surface area contributed by atoms with Gasteiger partial charge in [0.15, 0.2) is 0 Å². The van der Waals surface area contributed by atoms with Crippen molar-refractivity contribution in [2.45, 2.75) is 38.6 Å². The topological polar surface area (TPSA) is 58.2 Å². The molecule has 1 aromatic carbocycles. The Morgan fingerprint density at radius 1 is 1.24 bits per heavy atom. The molecule has 0 fully saturated rings. The second-order valence-corrected chi connectivity index (χ2v) is 6.32. The second kappa shape index (κ2) is 7.21. The number of amides is 1. The monoisotopic (exact) mass is 349 g/mol. The van der Waals surface area contributed by atoms with Crippen LogP contribution in [0.2, 0.25) is 0 Å². The lowest BCUT2D eigenvalue weighted by molar-refractivity contribution is 0.0773. The summed E-state index contributed by atoms with van der Waals surface area (Å²) in [5, 5.41) is 7.34. The molecule has 1 aliphatic carbocycles. The Hall–Kier alpha value is -2.44. The highest BCUT2D eigenvalue weighted by molar-refractivity contribution is 5.94. The first kappa shape index (κ1) is 17.4. The lowest BCUT2D eigenvalue weighted by Crippen LogP contribution is -2.28. The molecule has 1 N–H and O–H groups in total. The average molecular weight is 349 g/mol. The molecule has 0 saturated carbocycles. The summed E-state index contributed by atoms with van der Waals surface area (Å²) in [5.41, 5.74) is 2.43. The van der Waals surface area contributed by atoms with E-state index in [1.165, 1.54) is 25.5 Å². The van der Waals surface area contributed by atoms with Crippen LogP contribution in [0.5, 0.6) is 5.75 Å². The van der Waals surface area contributed by atoms with E-state index in [-0.39, 0.29) is 12.3 Å². The number of nitrogens with one attached hydrogen (secondary N) is 1. The number of carbonyl (C=O) groups excluding carboxylic acids is 1. The van der Waals surface area contributed by atoms with Crippen LogP contribution in [-0.2, 0) is 19.4 Å². The highest BCUT2D eigenvalue weighted by atomic mass is 19.1. The van der Waals surface area contributed by atoms with Gasteiger partial charge < -0.3 is 9.64 Å². The number of methoxy groups -OCH3 is 1. The van der Waals surface area contributed by atoms with Gasteiger partial charge in [-0.25, -0.2) is 8.78 Å². The van der Waals surface area contributed by atoms with Crippen LogP contribution in [0.1, 0.15) is 46.6 Å². The Bertz CT molecular complexity index is 766. The molecule has 0 saturated heterocycles. The summed E-state index contributed by atoms with van der Waals surface area (Å²) in [6, 6.07) is 2.01. The third-order valence-electron chi connectivity index (χ3n) is 4.59. The number of rotatable bonds is 4. The first-order valence-corrected chi connectivity index (χ1v) is 8.34. The lowest BCUT2D eigenvalue weighted by Gasteiger charge is -2.18. The first-order valence-electron chi connectivity index (χ1n) is 8.34. The van der Waals surface area contributed by atoms with Gasteiger partial charge in [0, 0.05) is 24.9 Å². The smallest absolute Gasteiger partial charge is 0.259 e. The van der Waals surface area contributed by atoms with E-state index >= 15 is 0 Å². The Morgan fingerprint density at radius 3 is 2.60 bits per heavy atom. The number of nitrogens with zero attached hydrogens (tertiary/aromatic N) is 2. The van der Waals surface area contributed by atoms with E-state index in [4.69, 9.17) is 4.74 Å². The van der Waals surface area contributed by atoms with Crippen molar-refractivity contribution < 1.29 is 18.3 Å². The highest BCUT2D eigenvalue weighted by Gasteiger charge is 2.24. The molecular formula is C18H21F2N3O2. The van der Waals surface area contributed by atoms with Gasteiger partial charge >= 0.3 is 0 Å². The minimum absolute atomic E-state index is 0.0341. The normalized spacial score (nSPS) is 13.9. The minimum atomic E-state index is -0.936. The molecule has 2 aromatic rings. The Kier molecular flexibility index (Phi) is 5.01. The number of aryl methyl sites for hydroxylation is 1. The fourth-order valence-corrected chi connectivity index (χ4v) is 3.22. The highest BCUT2D eigenvalue weighted by Crippen LogP contribution is 2.24. The molecule has 1 aromatic heterocycles. The number of H-pyrrole nitrogens is 1. The first-order chi connectivity index (χ1) is 12.0. The maximum Gasteiger partial charge on any atom is 0.259 e. The molecule has 25 heavy (non-hydrogen) atoms. The van der Waals surface area contributed by atoms with E-state index in [1.54, 1.807) is 0 Å². The van der Waals surface area contributed by atoms with Gasteiger partial charge in [0.25, 0.3) is 5.91 Å². The van der Waals surface area contributed by atoms with Crippen LogP contribution in [-0.4, -0.2) is 35.2 Å². The Morgan fingerprint density at radius 2 is 1.92 bits per heavy atom. The number of ether oxygens (including phenoxy) is 1. The summed E-state index contributed by atoms with van der Waals surface area (Å²) >= 11 is 0. The zero-order valence-electron chi connectivity index (χ0n) is 14.4. The molecule has 0 aliphatic heterocycles. The van der Waals surface area contributed by atoms with E-state index < -0.39 is 23.1 Å². The van der Waals surface area contributed by atoms with E-state index in [2.05, 4.69) is 10.2 Å². The molecule has 0 atom stereocenters. The summed E-state index contributed by atoms with van der Waals surface area (Å²) in [5.74, 6) is -2.56. The van der Waals surface area contributed by atoms with E-state index in [1.807, 2.05) is 0 Å². The zero-order valence-corrected chi connectivity index (χ0v) is 14.4. The van der Waals surface area contributed by atoms with Gasteiger partial charge in [0.1, 0.15) is 22.9 Å². The van der Waals surface area contributed by atoms with Gasteiger partial charge in [-0.1, -0.05) is 6.42 Å². The Balaban J connectivity index is 1.81. The standard InChI is InChI=1S/C18H21F2N3O2/c1-23(10-16-12-6-4-3-5-7-15(12)21-22-16)18(24)17-13(19)8-11(25-2)9-14(17)20/h8-9H,3-7,10H2,1-2H3,(H,21,22). The molecule has 0 radical (unpaired) electrons. The number of carbonyl (C=O) groups is 1. The van der Waals surface area contributed by atoms with Crippen LogP contribution < -0.4 is 4.74 Å². The van der Waals surface area contributed by atoms with Gasteiger partial charge in [-0.2, -0.15) is 5.10 Å². The molecule has 0 spiro atoms. The summed E-state index contributed by atoms with van der Waals surface area (Å²) < 4.78 is 33.1. The fourth-order valence-electron chi connectivity index (χ4n) is 3.22. The molecule has 0 unspecified atom stereocenters. The van der Waals surface area contributed by atoms with Crippen LogP contribution >= 0.6 is 0 Å². The summed E-state index contributed by atoms with van der Waals surface area (Å²) in [7, 11) is 2.83. The van der Waals surface area contributed by atoms with Crippen molar-refractivity contribution in [2.75, 3.05) is 14.2 Å². The van der Waals surface area contributed by atoms with Crippen LogP contribution in [0.4, 0.5) is 8.78 Å². The molecule has 7 heteroatoms. The minimum Gasteiger partial charge on any atom is -0.497 e. The van der Waals surface area contributed by atoms with E-state index in [9.17, 15) is 13.6 Å². The van der Waals surface area contributed by atoms with Crippen molar-refractivity contribution in [1.82, 2.24) is 15.1 Å². The second-order valence-electron chi connectivity index (χ2n) is 6.32. The average Bonchev–Trinajstić information content (AvgIpc) is 2.80. The number of halogens is 2. The maximum absolute atomic E-state index is 14.1. The third-order valence-corrected chi connectivity index (χ3v) is 4.59. The number of fused-ring (bicyclic) bond motifs is 1. The summed E-state index contributed by atoms with van der Waals surface area (Å²) in [4.78, 5) is 13.8. The van der Waals surface area contributed by atoms with E-state index in [0.29, 0.717) is 0 Å². The summed E-state index contributed by atoms with van der Waals surface area (Å²) in [6.45, 7) is 0.204. The largest absolute Gasteiger partial charge is 0.497 e. The number of benzene rings is 1. The van der Waals surface area contributed by atoms with Crippen molar-refractivity contribution >= 4 is 5.91 Å². The molecule has 1 heterocycles. The molecule has 134 valence electrons. The van der Waals surface area contributed by atoms with Gasteiger partial charge in [0.05, 0.1) is 19.3 Å². The molecule has 5 nitrogen and oxygen atoms in total. The predicted octanol–water partition coefficient (Wildman–Crippen LogP) is 3.24. The fraction of sp³-hybridized carbons (Fsp3) is 0.444. The van der Waals surface area contributed by atoms with Crippen LogP contribution in [0.15, 0.2) is 12.1 Å². The van der Waals surface area contributed by atoms with Crippen LogP contribution in [0.3, 0.4) is 0 Å².